The fourth-order valence-electron chi connectivity index (χ4n) is 6.55. The fraction of sp³-hybridized carbons (Fsp3) is 0.400. The van der Waals surface area contributed by atoms with Gasteiger partial charge in [0.1, 0.15) is 39.0 Å². The van der Waals surface area contributed by atoms with Crippen molar-refractivity contribution >= 4 is 84.2 Å². The summed E-state index contributed by atoms with van der Waals surface area (Å²) < 4.78 is 5.61. The Morgan fingerprint density at radius 3 is 2.06 bits per heavy atom. The first-order chi connectivity index (χ1) is 23.6. The number of thiophene rings is 2. The van der Waals surface area contributed by atoms with Gasteiger partial charge in [0.25, 0.3) is 0 Å². The first kappa shape index (κ1) is 33.3. The van der Waals surface area contributed by atoms with Crippen molar-refractivity contribution in [3.05, 3.63) is 61.9 Å². The fourth-order valence-corrected chi connectivity index (χ4v) is 9.26. The lowest BCUT2D eigenvalue weighted by Gasteiger charge is -2.28. The standard InChI is InChI=1S/C22H23N5O2S.C13H14ClN3OS/c1-12(2)22(28)27-5-4-15-18(10-27)30-21-19(15)20(24-11-25-21)26-16-6-13-8-23-9-14(13)7-17(16)29-3;1-7(2)13(18)17-4-3-8-9(5-17)19-12-10(8)11(14)15-6-16-12/h6-8,11-12H,4-5,9-10H2,1-3H3,(H,24,25,26);6-7H,3-5H2,1-2H3. The Bertz CT molecular complexity index is 2130. The predicted molar refractivity (Wildman–Crippen MR) is 195 cm³/mol. The number of nitrogens with zero attached hydrogens (tertiary/aromatic N) is 7. The van der Waals surface area contributed by atoms with Gasteiger partial charge in [0.05, 0.1) is 43.2 Å². The van der Waals surface area contributed by atoms with E-state index < -0.39 is 0 Å². The highest BCUT2D eigenvalue weighted by atomic mass is 35.5. The number of carbonyl (C=O) groups excluding carboxylic acids is 2. The van der Waals surface area contributed by atoms with E-state index >= 15 is 0 Å². The van der Waals surface area contributed by atoms with Crippen molar-refractivity contribution in [2.45, 2.75) is 60.2 Å². The Labute approximate surface area is 297 Å². The second-order valence-electron chi connectivity index (χ2n) is 12.9. The van der Waals surface area contributed by atoms with Crippen molar-refractivity contribution in [3.8, 4) is 5.75 Å². The Hall–Kier alpha value is -4.20. The molecule has 0 atom stereocenters. The summed E-state index contributed by atoms with van der Waals surface area (Å²) in [5.74, 6) is 2.00. The van der Waals surface area contributed by atoms with Gasteiger partial charge in [-0.1, -0.05) is 39.3 Å². The van der Waals surface area contributed by atoms with Crippen molar-refractivity contribution in [3.63, 3.8) is 0 Å². The van der Waals surface area contributed by atoms with Crippen molar-refractivity contribution in [1.82, 2.24) is 29.7 Å². The summed E-state index contributed by atoms with van der Waals surface area (Å²) in [5, 5.41) is 6.01. The van der Waals surface area contributed by atoms with Crippen molar-refractivity contribution in [1.29, 1.82) is 0 Å². The molecule has 0 spiro atoms. The predicted octanol–water partition coefficient (Wildman–Crippen LogP) is 6.80. The second kappa shape index (κ2) is 13.6. The molecule has 14 heteroatoms. The molecule has 3 aliphatic heterocycles. The molecule has 0 unspecified atom stereocenters. The average molecular weight is 717 g/mol. The molecule has 0 saturated carbocycles. The number of rotatable bonds is 5. The monoisotopic (exact) mass is 716 g/mol. The third kappa shape index (κ3) is 6.35. The Morgan fingerprint density at radius 2 is 1.45 bits per heavy atom. The lowest BCUT2D eigenvalue weighted by Crippen LogP contribution is -2.37. The average Bonchev–Trinajstić information content (AvgIpc) is 3.82. The number of aromatic nitrogens is 4. The van der Waals surface area contributed by atoms with E-state index in [4.69, 9.17) is 16.3 Å². The number of fused-ring (bicyclic) bond motifs is 7. The Kier molecular flexibility index (Phi) is 9.25. The topological polar surface area (TPSA) is 126 Å². The van der Waals surface area contributed by atoms with E-state index in [2.05, 4.69) is 36.3 Å². The quantitative estimate of drug-likeness (QED) is 0.197. The summed E-state index contributed by atoms with van der Waals surface area (Å²) in [6.07, 6.45) is 6.61. The van der Waals surface area contributed by atoms with Gasteiger partial charge in [-0.3, -0.25) is 14.6 Å². The van der Waals surface area contributed by atoms with Crippen LogP contribution in [0.4, 0.5) is 11.5 Å². The SMILES string of the molecule is CC(C)C(=O)N1CCc2c(sc3ncnc(Cl)c23)C1.COc1cc2c(cc1Nc1ncnc3sc4c(c13)CCN(C(=O)C(C)C)C4)C=NC2. The Balaban J connectivity index is 0.000000171. The van der Waals surface area contributed by atoms with E-state index in [-0.39, 0.29) is 23.7 Å². The zero-order valence-electron chi connectivity index (χ0n) is 28.0. The minimum absolute atomic E-state index is 0.00811. The number of hydrogen-bond acceptors (Lipinski definition) is 11. The molecule has 3 aliphatic rings. The minimum Gasteiger partial charge on any atom is -0.495 e. The summed E-state index contributed by atoms with van der Waals surface area (Å²) in [6.45, 7) is 11.2. The number of nitrogens with one attached hydrogen (secondary N) is 1. The van der Waals surface area contributed by atoms with Crippen LogP contribution in [0.1, 0.15) is 59.7 Å². The van der Waals surface area contributed by atoms with Crippen LogP contribution in [0.5, 0.6) is 5.75 Å². The van der Waals surface area contributed by atoms with Gasteiger partial charge in [-0.25, -0.2) is 19.9 Å². The van der Waals surface area contributed by atoms with Crippen LogP contribution in [-0.2, 0) is 42.1 Å². The van der Waals surface area contributed by atoms with Crippen LogP contribution >= 0.6 is 34.3 Å². The number of anilines is 2. The van der Waals surface area contributed by atoms with E-state index in [1.165, 1.54) is 27.2 Å². The van der Waals surface area contributed by atoms with E-state index in [1.54, 1.807) is 36.1 Å². The molecule has 5 aromatic rings. The lowest BCUT2D eigenvalue weighted by molar-refractivity contribution is -0.136. The van der Waals surface area contributed by atoms with Gasteiger partial charge in [0.2, 0.25) is 11.8 Å². The number of amides is 2. The highest BCUT2D eigenvalue weighted by Gasteiger charge is 2.29. The third-order valence-electron chi connectivity index (χ3n) is 9.05. The van der Waals surface area contributed by atoms with Crippen LogP contribution in [0.3, 0.4) is 0 Å². The lowest BCUT2D eigenvalue weighted by atomic mass is 10.0. The van der Waals surface area contributed by atoms with Gasteiger partial charge in [0.15, 0.2) is 0 Å². The number of hydrogen-bond donors (Lipinski definition) is 1. The van der Waals surface area contributed by atoms with Crippen LogP contribution in [-0.4, -0.2) is 68.0 Å². The molecule has 0 radical (unpaired) electrons. The van der Waals surface area contributed by atoms with Crippen LogP contribution in [0.15, 0.2) is 29.8 Å². The zero-order valence-corrected chi connectivity index (χ0v) is 30.4. The van der Waals surface area contributed by atoms with E-state index in [0.717, 1.165) is 74.7 Å². The molecule has 4 aromatic heterocycles. The van der Waals surface area contributed by atoms with Gasteiger partial charge < -0.3 is 19.9 Å². The second-order valence-corrected chi connectivity index (χ2v) is 15.5. The van der Waals surface area contributed by atoms with Crippen LogP contribution in [0, 0.1) is 11.8 Å². The van der Waals surface area contributed by atoms with Crippen LogP contribution < -0.4 is 10.1 Å². The molecule has 49 heavy (non-hydrogen) atoms. The maximum atomic E-state index is 12.5. The van der Waals surface area contributed by atoms with Crippen molar-refractivity contribution in [2.75, 3.05) is 25.5 Å². The molecule has 0 aliphatic carbocycles. The first-order valence-electron chi connectivity index (χ1n) is 16.3. The highest BCUT2D eigenvalue weighted by Crippen LogP contribution is 2.40. The van der Waals surface area contributed by atoms with Crippen LogP contribution in [0.25, 0.3) is 20.4 Å². The molecule has 1 N–H and O–H groups in total. The smallest absolute Gasteiger partial charge is 0.225 e. The number of methoxy groups -OCH3 is 1. The summed E-state index contributed by atoms with van der Waals surface area (Å²) >= 11 is 9.43. The number of benzene rings is 1. The molecule has 11 nitrogen and oxygen atoms in total. The van der Waals surface area contributed by atoms with Crippen LogP contribution in [0.2, 0.25) is 5.15 Å². The number of halogens is 1. The van der Waals surface area contributed by atoms with Gasteiger partial charge in [-0.15, -0.1) is 22.7 Å². The molecule has 0 bridgehead atoms. The molecule has 254 valence electrons. The van der Waals surface area contributed by atoms with Crippen molar-refractivity contribution in [2.24, 2.45) is 16.8 Å². The summed E-state index contributed by atoms with van der Waals surface area (Å²) in [5.41, 5.74) is 5.58. The molecular formula is C35H37ClN8O3S2. The highest BCUT2D eigenvalue weighted by molar-refractivity contribution is 7.19. The molecule has 0 fully saturated rings. The van der Waals surface area contributed by atoms with Gasteiger partial charge in [-0.2, -0.15) is 0 Å². The normalized spacial score (nSPS) is 14.9. The third-order valence-corrected chi connectivity index (χ3v) is 11.6. The van der Waals surface area contributed by atoms with Gasteiger partial charge in [-0.05, 0) is 47.2 Å². The number of aliphatic imine (C=N–C) groups is 1. The first-order valence-corrected chi connectivity index (χ1v) is 18.3. The molecular weight excluding hydrogens is 680 g/mol. The molecule has 0 saturated heterocycles. The molecule has 8 rings (SSSR count). The van der Waals surface area contributed by atoms with E-state index in [1.807, 2.05) is 49.8 Å². The maximum Gasteiger partial charge on any atom is 0.225 e. The van der Waals surface area contributed by atoms with Gasteiger partial charge in [0, 0.05) is 40.9 Å². The largest absolute Gasteiger partial charge is 0.495 e. The molecule has 1 aromatic carbocycles. The summed E-state index contributed by atoms with van der Waals surface area (Å²) in [4.78, 5) is 54.4. The summed E-state index contributed by atoms with van der Waals surface area (Å²) in [7, 11) is 1.67. The molecule has 7 heterocycles. The number of ether oxygens (including phenoxy) is 1. The molecule has 2 amide bonds. The number of carbonyl (C=O) groups is 2. The zero-order chi connectivity index (χ0) is 34.4. The van der Waals surface area contributed by atoms with Crippen molar-refractivity contribution < 1.29 is 14.3 Å². The van der Waals surface area contributed by atoms with E-state index in [0.29, 0.717) is 24.8 Å². The maximum absolute atomic E-state index is 12.5. The van der Waals surface area contributed by atoms with Gasteiger partial charge >= 0.3 is 0 Å². The minimum atomic E-state index is 0.00811. The van der Waals surface area contributed by atoms with E-state index in [9.17, 15) is 9.59 Å². The summed E-state index contributed by atoms with van der Waals surface area (Å²) in [6, 6.07) is 4.09. The Morgan fingerprint density at radius 1 is 0.857 bits per heavy atom.